The second-order valence-electron chi connectivity index (χ2n) is 2.73. The Morgan fingerprint density at radius 1 is 1.57 bits per heavy atom. The molecular weight excluding hydrogens is 267 g/mol. The van der Waals surface area contributed by atoms with E-state index in [0.29, 0.717) is 17.0 Å². The van der Waals surface area contributed by atoms with E-state index in [4.69, 9.17) is 11.6 Å². The Kier molecular flexibility index (Phi) is 3.96. The van der Waals surface area contributed by atoms with Crippen molar-refractivity contribution in [1.82, 2.24) is 0 Å². The molecule has 1 aromatic carbocycles. The molecule has 0 N–H and O–H groups in total. The van der Waals surface area contributed by atoms with E-state index in [1.165, 1.54) is 7.11 Å². The van der Waals surface area contributed by atoms with Crippen LogP contribution in [0.25, 0.3) is 0 Å². The molecule has 76 valence electrons. The van der Waals surface area contributed by atoms with Crippen molar-refractivity contribution in [2.45, 2.75) is 13.3 Å². The minimum Gasteiger partial charge on any atom is -0.465 e. The molecule has 0 aliphatic heterocycles. The van der Waals surface area contributed by atoms with Gasteiger partial charge in [0.1, 0.15) is 0 Å². The Morgan fingerprint density at radius 3 is 2.71 bits per heavy atom. The number of halogens is 2. The Balaban J connectivity index is 3.31. The van der Waals surface area contributed by atoms with Crippen LogP contribution in [0.2, 0.25) is 5.02 Å². The molecule has 1 rings (SSSR count). The van der Waals surface area contributed by atoms with E-state index in [0.717, 1.165) is 10.0 Å². The van der Waals surface area contributed by atoms with Gasteiger partial charge in [-0.15, -0.1) is 0 Å². The molecule has 0 unspecified atom stereocenters. The summed E-state index contributed by atoms with van der Waals surface area (Å²) in [6.07, 6.45) is 0.697. The normalized spacial score (nSPS) is 10.0. The summed E-state index contributed by atoms with van der Waals surface area (Å²) < 4.78 is 5.46. The van der Waals surface area contributed by atoms with E-state index in [1.54, 1.807) is 12.1 Å². The van der Waals surface area contributed by atoms with E-state index in [2.05, 4.69) is 20.7 Å². The molecule has 0 radical (unpaired) electrons. The van der Waals surface area contributed by atoms with Crippen molar-refractivity contribution in [3.05, 3.63) is 32.8 Å². The van der Waals surface area contributed by atoms with Crippen molar-refractivity contribution in [2.75, 3.05) is 7.11 Å². The monoisotopic (exact) mass is 276 g/mol. The summed E-state index contributed by atoms with van der Waals surface area (Å²) in [4.78, 5) is 11.4. The molecule has 0 aliphatic carbocycles. The van der Waals surface area contributed by atoms with Gasteiger partial charge in [0, 0.05) is 4.47 Å². The molecule has 0 saturated carbocycles. The van der Waals surface area contributed by atoms with Crippen molar-refractivity contribution in [3.8, 4) is 0 Å². The summed E-state index contributed by atoms with van der Waals surface area (Å²) in [5, 5.41) is 0.579. The quantitative estimate of drug-likeness (QED) is 0.774. The van der Waals surface area contributed by atoms with Gasteiger partial charge in [-0.1, -0.05) is 18.5 Å². The van der Waals surface area contributed by atoms with Crippen LogP contribution >= 0.6 is 27.5 Å². The molecule has 0 aliphatic rings. The Labute approximate surface area is 96.3 Å². The lowest BCUT2D eigenvalue weighted by molar-refractivity contribution is 0.0599. The predicted octanol–water partition coefficient (Wildman–Crippen LogP) is 3.45. The van der Waals surface area contributed by atoms with Crippen molar-refractivity contribution >= 4 is 33.5 Å². The van der Waals surface area contributed by atoms with Crippen LogP contribution in [0.5, 0.6) is 0 Å². The number of benzene rings is 1. The SMILES string of the molecule is CCc1c(C(=O)OC)ccc(Br)c1Cl. The first kappa shape index (κ1) is 11.5. The van der Waals surface area contributed by atoms with Crippen molar-refractivity contribution in [1.29, 1.82) is 0 Å². The number of rotatable bonds is 2. The third-order valence-corrected chi connectivity index (χ3v) is 3.28. The standard InChI is InChI=1S/C10H10BrClO2/c1-3-6-7(10(13)14-2)4-5-8(11)9(6)12/h4-5H,3H2,1-2H3. The summed E-state index contributed by atoms with van der Waals surface area (Å²) in [7, 11) is 1.36. The van der Waals surface area contributed by atoms with Crippen LogP contribution in [0.15, 0.2) is 16.6 Å². The lowest BCUT2D eigenvalue weighted by Gasteiger charge is -2.08. The summed E-state index contributed by atoms with van der Waals surface area (Å²) in [6.45, 7) is 1.94. The molecule has 1 aromatic rings. The third-order valence-electron chi connectivity index (χ3n) is 1.95. The van der Waals surface area contributed by atoms with E-state index in [1.807, 2.05) is 6.92 Å². The molecule has 0 aromatic heterocycles. The highest BCUT2D eigenvalue weighted by molar-refractivity contribution is 9.10. The van der Waals surface area contributed by atoms with Crippen LogP contribution in [0, 0.1) is 0 Å². The maximum Gasteiger partial charge on any atom is 0.338 e. The molecule has 0 atom stereocenters. The molecule has 0 spiro atoms. The number of esters is 1. The van der Waals surface area contributed by atoms with Crippen LogP contribution in [-0.2, 0) is 11.2 Å². The average molecular weight is 278 g/mol. The van der Waals surface area contributed by atoms with Gasteiger partial charge in [0.25, 0.3) is 0 Å². The molecule has 0 saturated heterocycles. The van der Waals surface area contributed by atoms with Crippen LogP contribution in [0.3, 0.4) is 0 Å². The van der Waals surface area contributed by atoms with E-state index in [-0.39, 0.29) is 5.97 Å². The Hall–Kier alpha value is -0.540. The van der Waals surface area contributed by atoms with Crippen LogP contribution < -0.4 is 0 Å². The average Bonchev–Trinajstić information content (AvgIpc) is 2.20. The third kappa shape index (κ3) is 2.10. The molecular formula is C10H10BrClO2. The van der Waals surface area contributed by atoms with Gasteiger partial charge in [-0.3, -0.25) is 0 Å². The predicted molar refractivity (Wildman–Crippen MR) is 59.9 cm³/mol. The lowest BCUT2D eigenvalue weighted by atomic mass is 10.1. The fourth-order valence-corrected chi connectivity index (χ4v) is 1.91. The minimum absolute atomic E-state index is 0.351. The highest BCUT2D eigenvalue weighted by Gasteiger charge is 2.14. The first-order chi connectivity index (χ1) is 6.61. The number of hydrogen-bond donors (Lipinski definition) is 0. The number of carbonyl (C=O) groups excluding carboxylic acids is 1. The molecule has 0 amide bonds. The molecule has 2 nitrogen and oxygen atoms in total. The first-order valence-electron chi connectivity index (χ1n) is 4.17. The topological polar surface area (TPSA) is 26.3 Å². The van der Waals surface area contributed by atoms with E-state index >= 15 is 0 Å². The second kappa shape index (κ2) is 4.80. The van der Waals surface area contributed by atoms with Crippen LogP contribution in [0.1, 0.15) is 22.8 Å². The molecule has 14 heavy (non-hydrogen) atoms. The second-order valence-corrected chi connectivity index (χ2v) is 3.96. The van der Waals surface area contributed by atoms with Gasteiger partial charge < -0.3 is 4.74 Å². The van der Waals surface area contributed by atoms with Crippen molar-refractivity contribution < 1.29 is 9.53 Å². The van der Waals surface area contributed by atoms with Crippen LogP contribution in [0.4, 0.5) is 0 Å². The minimum atomic E-state index is -0.351. The number of carbonyl (C=O) groups is 1. The zero-order valence-electron chi connectivity index (χ0n) is 7.93. The fraction of sp³-hybridized carbons (Fsp3) is 0.300. The molecule has 0 heterocycles. The molecule has 0 bridgehead atoms. The number of methoxy groups -OCH3 is 1. The van der Waals surface area contributed by atoms with Gasteiger partial charge in [0.2, 0.25) is 0 Å². The Morgan fingerprint density at radius 2 is 2.21 bits per heavy atom. The summed E-state index contributed by atoms with van der Waals surface area (Å²) in [5.41, 5.74) is 1.34. The highest BCUT2D eigenvalue weighted by atomic mass is 79.9. The first-order valence-corrected chi connectivity index (χ1v) is 5.34. The zero-order valence-corrected chi connectivity index (χ0v) is 10.3. The van der Waals surface area contributed by atoms with Gasteiger partial charge in [-0.25, -0.2) is 4.79 Å². The van der Waals surface area contributed by atoms with Gasteiger partial charge in [0.15, 0.2) is 0 Å². The van der Waals surface area contributed by atoms with Crippen molar-refractivity contribution in [3.63, 3.8) is 0 Å². The van der Waals surface area contributed by atoms with Crippen molar-refractivity contribution in [2.24, 2.45) is 0 Å². The summed E-state index contributed by atoms with van der Waals surface area (Å²) in [6, 6.07) is 3.45. The largest absolute Gasteiger partial charge is 0.465 e. The zero-order chi connectivity index (χ0) is 10.7. The fourth-order valence-electron chi connectivity index (χ4n) is 1.24. The summed E-state index contributed by atoms with van der Waals surface area (Å²) in [5.74, 6) is -0.351. The number of hydrogen-bond acceptors (Lipinski definition) is 2. The van der Waals surface area contributed by atoms with Gasteiger partial charge in [-0.05, 0) is 40.0 Å². The van der Waals surface area contributed by atoms with E-state index in [9.17, 15) is 4.79 Å². The number of ether oxygens (including phenoxy) is 1. The molecule has 0 fully saturated rings. The highest BCUT2D eigenvalue weighted by Crippen LogP contribution is 2.29. The smallest absolute Gasteiger partial charge is 0.338 e. The van der Waals surface area contributed by atoms with E-state index < -0.39 is 0 Å². The van der Waals surface area contributed by atoms with Gasteiger partial charge in [0.05, 0.1) is 17.7 Å². The van der Waals surface area contributed by atoms with Crippen LogP contribution in [-0.4, -0.2) is 13.1 Å². The maximum absolute atomic E-state index is 11.4. The molecule has 4 heteroatoms. The summed E-state index contributed by atoms with van der Waals surface area (Å²) >= 11 is 9.35. The van der Waals surface area contributed by atoms with Gasteiger partial charge in [-0.2, -0.15) is 0 Å². The maximum atomic E-state index is 11.4. The van der Waals surface area contributed by atoms with Gasteiger partial charge >= 0.3 is 5.97 Å². The lowest BCUT2D eigenvalue weighted by Crippen LogP contribution is -2.05. The Bertz CT molecular complexity index is 363.